The molecule has 3 rings (SSSR count). The number of alkyl halides is 3. The number of anilines is 2. The first-order valence-electron chi connectivity index (χ1n) is 8.68. The molecule has 140 valence electrons. The number of aromatic nitrogens is 2. The van der Waals surface area contributed by atoms with Crippen molar-refractivity contribution in [2.75, 3.05) is 17.2 Å². The molecule has 26 heavy (non-hydrogen) atoms. The maximum atomic E-state index is 12.5. The van der Waals surface area contributed by atoms with E-state index >= 15 is 0 Å². The van der Waals surface area contributed by atoms with Gasteiger partial charge in [0.15, 0.2) is 0 Å². The second-order valence-electron chi connectivity index (χ2n) is 6.19. The van der Waals surface area contributed by atoms with Gasteiger partial charge in [0.2, 0.25) is 5.95 Å². The summed E-state index contributed by atoms with van der Waals surface area (Å²) in [6, 6.07) is 7.85. The Balaban J connectivity index is 1.90. The van der Waals surface area contributed by atoms with Crippen molar-refractivity contribution in [1.29, 1.82) is 0 Å². The average molecular weight is 366 g/mol. The van der Waals surface area contributed by atoms with Gasteiger partial charge in [-0.25, -0.2) is 4.98 Å². The first kappa shape index (κ1) is 18.3. The van der Waals surface area contributed by atoms with E-state index in [0.29, 0.717) is 35.6 Å². The van der Waals surface area contributed by atoms with Gasteiger partial charge in [0.05, 0.1) is 5.69 Å². The van der Waals surface area contributed by atoms with E-state index in [2.05, 4.69) is 25.3 Å². The molecule has 0 aliphatic heterocycles. The van der Waals surface area contributed by atoms with E-state index < -0.39 is 6.36 Å². The molecule has 0 atom stereocenters. The highest BCUT2D eigenvalue weighted by Gasteiger charge is 2.31. The molecule has 1 fully saturated rings. The van der Waals surface area contributed by atoms with Crippen LogP contribution in [0.5, 0.6) is 5.75 Å². The molecule has 1 aliphatic carbocycles. The van der Waals surface area contributed by atoms with Gasteiger partial charge in [0, 0.05) is 24.2 Å². The number of nitrogens with zero attached hydrogens (tertiary/aromatic N) is 2. The summed E-state index contributed by atoms with van der Waals surface area (Å²) in [6.45, 7) is 2.63. The molecule has 5 nitrogen and oxygen atoms in total. The van der Waals surface area contributed by atoms with Gasteiger partial charge in [-0.05, 0) is 31.9 Å². The van der Waals surface area contributed by atoms with E-state index in [0.717, 1.165) is 12.8 Å². The summed E-state index contributed by atoms with van der Waals surface area (Å²) in [6.07, 6.45) is -0.241. The zero-order valence-electron chi connectivity index (χ0n) is 14.4. The lowest BCUT2D eigenvalue weighted by atomic mass is 10.1. The molecule has 0 unspecified atom stereocenters. The number of benzene rings is 1. The summed E-state index contributed by atoms with van der Waals surface area (Å²) in [5, 5.41) is 6.46. The zero-order valence-corrected chi connectivity index (χ0v) is 14.4. The fourth-order valence-corrected chi connectivity index (χ4v) is 3.04. The first-order valence-corrected chi connectivity index (χ1v) is 8.68. The van der Waals surface area contributed by atoms with Gasteiger partial charge in [-0.3, -0.25) is 0 Å². The Bertz CT molecular complexity index is 745. The molecule has 0 saturated heterocycles. The van der Waals surface area contributed by atoms with Crippen LogP contribution in [0.25, 0.3) is 11.3 Å². The summed E-state index contributed by atoms with van der Waals surface area (Å²) in [5.41, 5.74) is 1.06. The van der Waals surface area contributed by atoms with Crippen molar-refractivity contribution < 1.29 is 17.9 Å². The third-order valence-electron chi connectivity index (χ3n) is 4.14. The molecule has 2 N–H and O–H groups in total. The van der Waals surface area contributed by atoms with E-state index in [1.54, 1.807) is 12.1 Å². The van der Waals surface area contributed by atoms with Crippen molar-refractivity contribution >= 4 is 11.8 Å². The quantitative estimate of drug-likeness (QED) is 0.767. The number of ether oxygens (including phenoxy) is 1. The Morgan fingerprint density at radius 3 is 2.62 bits per heavy atom. The smallest absolute Gasteiger partial charge is 0.406 e. The molecule has 0 bridgehead atoms. The SMILES string of the molecule is CCNc1cc(-c2cccc(OC(F)(F)F)c2)nc(NC2CCCC2)n1. The van der Waals surface area contributed by atoms with Crippen LogP contribution in [0.15, 0.2) is 30.3 Å². The van der Waals surface area contributed by atoms with Crippen LogP contribution in [0.4, 0.5) is 24.9 Å². The third kappa shape index (κ3) is 5.00. The molecule has 1 aromatic heterocycles. The summed E-state index contributed by atoms with van der Waals surface area (Å²) < 4.78 is 41.4. The van der Waals surface area contributed by atoms with Crippen molar-refractivity contribution in [3.63, 3.8) is 0 Å². The third-order valence-corrected chi connectivity index (χ3v) is 4.14. The van der Waals surface area contributed by atoms with Crippen LogP contribution in [-0.2, 0) is 0 Å². The molecule has 1 aliphatic rings. The molecule has 0 spiro atoms. The van der Waals surface area contributed by atoms with Crippen LogP contribution in [0.3, 0.4) is 0 Å². The molecule has 1 saturated carbocycles. The van der Waals surface area contributed by atoms with Gasteiger partial charge in [-0.2, -0.15) is 4.98 Å². The van der Waals surface area contributed by atoms with Gasteiger partial charge in [0.25, 0.3) is 0 Å². The van der Waals surface area contributed by atoms with Crippen molar-refractivity contribution in [2.24, 2.45) is 0 Å². The fourth-order valence-electron chi connectivity index (χ4n) is 3.04. The minimum Gasteiger partial charge on any atom is -0.406 e. The molecule has 1 aromatic carbocycles. The van der Waals surface area contributed by atoms with Crippen LogP contribution in [-0.4, -0.2) is 28.9 Å². The standard InChI is InChI=1S/C18H21F3N4O/c1-2-22-16-11-15(24-17(25-16)23-13-7-3-4-8-13)12-6-5-9-14(10-12)26-18(19,20)21/h5-6,9-11,13H,2-4,7-8H2,1H3,(H2,22,23,24,25). The highest BCUT2D eigenvalue weighted by atomic mass is 19.4. The zero-order chi connectivity index (χ0) is 18.6. The Morgan fingerprint density at radius 2 is 1.92 bits per heavy atom. The van der Waals surface area contributed by atoms with Gasteiger partial charge in [-0.15, -0.1) is 13.2 Å². The van der Waals surface area contributed by atoms with E-state index in [9.17, 15) is 13.2 Å². The average Bonchev–Trinajstić information content (AvgIpc) is 3.06. The summed E-state index contributed by atoms with van der Waals surface area (Å²) in [7, 11) is 0. The molecule has 8 heteroatoms. The normalized spacial score (nSPS) is 15.1. The van der Waals surface area contributed by atoms with Gasteiger partial charge >= 0.3 is 6.36 Å². The monoisotopic (exact) mass is 366 g/mol. The van der Waals surface area contributed by atoms with Crippen LogP contribution >= 0.6 is 0 Å². The maximum absolute atomic E-state index is 12.5. The van der Waals surface area contributed by atoms with Crippen molar-refractivity contribution in [3.05, 3.63) is 30.3 Å². The van der Waals surface area contributed by atoms with Crippen molar-refractivity contribution in [2.45, 2.75) is 45.0 Å². The molecule has 1 heterocycles. The summed E-state index contributed by atoms with van der Waals surface area (Å²) >= 11 is 0. The fraction of sp³-hybridized carbons (Fsp3) is 0.444. The second-order valence-corrected chi connectivity index (χ2v) is 6.19. The number of hydrogen-bond acceptors (Lipinski definition) is 5. The Kier molecular flexibility index (Phi) is 5.49. The van der Waals surface area contributed by atoms with Crippen molar-refractivity contribution in [1.82, 2.24) is 9.97 Å². The molecular weight excluding hydrogens is 345 g/mol. The minimum atomic E-state index is -4.73. The molecular formula is C18H21F3N4O. The van der Waals surface area contributed by atoms with E-state index in [-0.39, 0.29) is 5.75 Å². The van der Waals surface area contributed by atoms with Gasteiger partial charge in [0.1, 0.15) is 11.6 Å². The number of halogens is 3. The lowest BCUT2D eigenvalue weighted by Crippen LogP contribution is -2.18. The number of nitrogens with one attached hydrogen (secondary N) is 2. The molecule has 0 amide bonds. The highest BCUT2D eigenvalue weighted by molar-refractivity contribution is 5.66. The van der Waals surface area contributed by atoms with Gasteiger partial charge < -0.3 is 15.4 Å². The number of hydrogen-bond donors (Lipinski definition) is 2. The van der Waals surface area contributed by atoms with Crippen LogP contribution in [0.2, 0.25) is 0 Å². The van der Waals surface area contributed by atoms with E-state index in [4.69, 9.17) is 0 Å². The van der Waals surface area contributed by atoms with Crippen molar-refractivity contribution in [3.8, 4) is 17.0 Å². The lowest BCUT2D eigenvalue weighted by molar-refractivity contribution is -0.274. The van der Waals surface area contributed by atoms with Crippen LogP contribution in [0.1, 0.15) is 32.6 Å². The van der Waals surface area contributed by atoms with Gasteiger partial charge in [-0.1, -0.05) is 25.0 Å². The van der Waals surface area contributed by atoms with E-state index in [1.807, 2.05) is 6.92 Å². The Hall–Kier alpha value is -2.51. The molecule has 0 radical (unpaired) electrons. The Morgan fingerprint density at radius 1 is 1.15 bits per heavy atom. The largest absolute Gasteiger partial charge is 0.573 e. The van der Waals surface area contributed by atoms with Crippen LogP contribution < -0.4 is 15.4 Å². The predicted octanol–water partition coefficient (Wildman–Crippen LogP) is 4.83. The lowest BCUT2D eigenvalue weighted by Gasteiger charge is -2.15. The van der Waals surface area contributed by atoms with Crippen LogP contribution in [0, 0.1) is 0 Å². The van der Waals surface area contributed by atoms with E-state index in [1.165, 1.54) is 31.0 Å². The summed E-state index contributed by atoms with van der Waals surface area (Å²) in [4.78, 5) is 8.94. The Labute approximate surface area is 150 Å². The highest BCUT2D eigenvalue weighted by Crippen LogP contribution is 2.29. The second kappa shape index (κ2) is 7.80. The predicted molar refractivity (Wildman–Crippen MR) is 94.2 cm³/mol. The first-order chi connectivity index (χ1) is 12.4. The minimum absolute atomic E-state index is 0.274. The topological polar surface area (TPSA) is 59.1 Å². The number of rotatable bonds is 6. The maximum Gasteiger partial charge on any atom is 0.573 e. The molecule has 2 aromatic rings. The summed E-state index contributed by atoms with van der Waals surface area (Å²) in [5.74, 6) is 0.830.